The first kappa shape index (κ1) is 15.1. The fourth-order valence-corrected chi connectivity index (χ4v) is 2.66. The van der Waals surface area contributed by atoms with Gasteiger partial charge < -0.3 is 10.5 Å². The van der Waals surface area contributed by atoms with Crippen LogP contribution >= 0.6 is 11.6 Å². The Kier molecular flexibility index (Phi) is 3.96. The molecule has 1 aliphatic rings. The lowest BCUT2D eigenvalue weighted by atomic mass is 10.0. The van der Waals surface area contributed by atoms with Crippen molar-refractivity contribution in [3.63, 3.8) is 0 Å². The monoisotopic (exact) mass is 323 g/mol. The highest BCUT2D eigenvalue weighted by molar-refractivity contribution is 6.31. The third-order valence-corrected chi connectivity index (χ3v) is 4.00. The van der Waals surface area contributed by atoms with Crippen molar-refractivity contribution >= 4 is 17.3 Å². The van der Waals surface area contributed by atoms with Crippen molar-refractivity contribution in [3.05, 3.63) is 47.5 Å². The van der Waals surface area contributed by atoms with E-state index in [4.69, 9.17) is 22.1 Å². The number of anilines is 1. The zero-order chi connectivity index (χ0) is 15.7. The summed E-state index contributed by atoms with van der Waals surface area (Å²) in [5, 5.41) is 0.534. The Balaban J connectivity index is 1.70. The molecule has 0 bridgehead atoms. The normalized spacial score (nSPS) is 19.0. The van der Waals surface area contributed by atoms with Crippen LogP contribution in [0.3, 0.4) is 0 Å². The lowest BCUT2D eigenvalue weighted by molar-refractivity contribution is 0.0930. The maximum absolute atomic E-state index is 12.8. The summed E-state index contributed by atoms with van der Waals surface area (Å²) < 4.78 is 31.2. The Bertz CT molecular complexity index is 690. The fourth-order valence-electron chi connectivity index (χ4n) is 2.43. The Morgan fingerprint density at radius 1 is 1.18 bits per heavy atom. The van der Waals surface area contributed by atoms with Gasteiger partial charge in [-0.2, -0.15) is 0 Å². The van der Waals surface area contributed by atoms with Crippen molar-refractivity contribution in [3.8, 4) is 16.9 Å². The Hall–Kier alpha value is -1.81. The molecular weight excluding hydrogens is 308 g/mol. The molecule has 1 aliphatic carbocycles. The van der Waals surface area contributed by atoms with Crippen molar-refractivity contribution in [1.82, 2.24) is 0 Å². The summed E-state index contributed by atoms with van der Waals surface area (Å²) in [6.45, 7) is 0.261. The average molecular weight is 324 g/mol. The summed E-state index contributed by atoms with van der Waals surface area (Å²) in [5.74, 6) is -2.46. The molecule has 116 valence electrons. The van der Waals surface area contributed by atoms with Crippen LogP contribution in [0.1, 0.15) is 12.8 Å². The van der Waals surface area contributed by atoms with Crippen LogP contribution in [0.15, 0.2) is 42.5 Å². The van der Waals surface area contributed by atoms with Gasteiger partial charge in [0.1, 0.15) is 5.75 Å². The molecular formula is C17H16ClF2NO. The zero-order valence-corrected chi connectivity index (χ0v) is 12.6. The van der Waals surface area contributed by atoms with Crippen LogP contribution in [0.4, 0.5) is 14.5 Å². The van der Waals surface area contributed by atoms with E-state index in [1.54, 1.807) is 12.1 Å². The lowest BCUT2D eigenvalue weighted by Gasteiger charge is -2.10. The summed E-state index contributed by atoms with van der Waals surface area (Å²) >= 11 is 6.11. The molecule has 1 atom stereocenters. The number of hydrogen-bond acceptors (Lipinski definition) is 2. The van der Waals surface area contributed by atoms with Crippen LogP contribution in [-0.4, -0.2) is 12.5 Å². The second-order valence-electron chi connectivity index (χ2n) is 5.60. The quantitative estimate of drug-likeness (QED) is 0.785. The Morgan fingerprint density at radius 2 is 1.95 bits per heavy atom. The standard InChI is InChI=1S/C17H16ClF2NO/c18-14-6-12(11-2-1-3-15(21)7-11)8-16(9-14)22-5-4-13-10-17(13,19)20/h1-3,6-9,13H,4-5,10,21H2. The van der Waals surface area contributed by atoms with Crippen LogP contribution < -0.4 is 10.5 Å². The molecule has 0 amide bonds. The van der Waals surface area contributed by atoms with Crippen molar-refractivity contribution in [2.45, 2.75) is 18.8 Å². The second kappa shape index (κ2) is 5.76. The smallest absolute Gasteiger partial charge is 0.251 e. The van der Waals surface area contributed by atoms with Gasteiger partial charge in [-0.3, -0.25) is 0 Å². The van der Waals surface area contributed by atoms with E-state index in [1.807, 2.05) is 30.3 Å². The summed E-state index contributed by atoms with van der Waals surface area (Å²) in [6.07, 6.45) is 0.327. The average Bonchev–Trinajstić information content (AvgIpc) is 3.05. The summed E-state index contributed by atoms with van der Waals surface area (Å²) in [6, 6.07) is 12.8. The highest BCUT2D eigenvalue weighted by atomic mass is 35.5. The fraction of sp³-hybridized carbons (Fsp3) is 0.294. The Morgan fingerprint density at radius 3 is 2.64 bits per heavy atom. The summed E-state index contributed by atoms with van der Waals surface area (Å²) in [7, 11) is 0. The van der Waals surface area contributed by atoms with Gasteiger partial charge in [-0.05, 0) is 47.9 Å². The highest BCUT2D eigenvalue weighted by Crippen LogP contribution is 2.50. The Labute approximate surface area is 132 Å². The molecule has 2 aromatic rings. The SMILES string of the molecule is Nc1cccc(-c2cc(Cl)cc(OCCC3CC3(F)F)c2)c1. The molecule has 1 unspecified atom stereocenters. The molecule has 0 spiro atoms. The number of hydrogen-bond donors (Lipinski definition) is 1. The molecule has 1 saturated carbocycles. The van der Waals surface area contributed by atoms with Gasteiger partial charge >= 0.3 is 0 Å². The first-order valence-electron chi connectivity index (χ1n) is 7.11. The first-order chi connectivity index (χ1) is 10.4. The van der Waals surface area contributed by atoms with E-state index < -0.39 is 11.8 Å². The number of rotatable bonds is 5. The molecule has 22 heavy (non-hydrogen) atoms. The van der Waals surface area contributed by atoms with Crippen LogP contribution in [0.25, 0.3) is 11.1 Å². The third kappa shape index (κ3) is 3.50. The number of halogens is 3. The summed E-state index contributed by atoms with van der Waals surface area (Å²) in [4.78, 5) is 0. The van der Waals surface area contributed by atoms with Gasteiger partial charge in [0.05, 0.1) is 6.61 Å². The maximum Gasteiger partial charge on any atom is 0.251 e. The molecule has 0 radical (unpaired) electrons. The molecule has 2 nitrogen and oxygen atoms in total. The molecule has 2 N–H and O–H groups in total. The van der Waals surface area contributed by atoms with E-state index in [0.717, 1.165) is 11.1 Å². The second-order valence-corrected chi connectivity index (χ2v) is 6.04. The van der Waals surface area contributed by atoms with Crippen LogP contribution in [-0.2, 0) is 0 Å². The zero-order valence-electron chi connectivity index (χ0n) is 11.9. The predicted molar refractivity (Wildman–Crippen MR) is 84.5 cm³/mol. The van der Waals surface area contributed by atoms with Crippen molar-refractivity contribution in [2.75, 3.05) is 12.3 Å². The van der Waals surface area contributed by atoms with Crippen molar-refractivity contribution < 1.29 is 13.5 Å². The molecule has 0 heterocycles. The van der Waals surface area contributed by atoms with E-state index in [9.17, 15) is 8.78 Å². The molecule has 0 saturated heterocycles. The number of benzene rings is 2. The number of ether oxygens (including phenoxy) is 1. The van der Waals surface area contributed by atoms with E-state index in [1.165, 1.54) is 0 Å². The topological polar surface area (TPSA) is 35.2 Å². The number of alkyl halides is 2. The largest absolute Gasteiger partial charge is 0.494 e. The summed E-state index contributed by atoms with van der Waals surface area (Å²) in [5.41, 5.74) is 8.26. The molecule has 2 aromatic carbocycles. The van der Waals surface area contributed by atoms with Gasteiger partial charge in [0.25, 0.3) is 5.92 Å². The van der Waals surface area contributed by atoms with Crippen LogP contribution in [0.2, 0.25) is 5.02 Å². The van der Waals surface area contributed by atoms with Gasteiger partial charge in [0.15, 0.2) is 0 Å². The minimum Gasteiger partial charge on any atom is -0.494 e. The van der Waals surface area contributed by atoms with E-state index in [-0.39, 0.29) is 13.0 Å². The van der Waals surface area contributed by atoms with Crippen molar-refractivity contribution in [1.29, 1.82) is 0 Å². The van der Waals surface area contributed by atoms with E-state index in [0.29, 0.717) is 22.9 Å². The maximum atomic E-state index is 12.8. The van der Waals surface area contributed by atoms with Gasteiger partial charge in [-0.25, -0.2) is 8.78 Å². The number of nitrogen functional groups attached to an aromatic ring is 1. The molecule has 3 rings (SSSR count). The minimum atomic E-state index is -2.50. The van der Waals surface area contributed by atoms with Crippen LogP contribution in [0.5, 0.6) is 5.75 Å². The van der Waals surface area contributed by atoms with E-state index >= 15 is 0 Å². The van der Waals surface area contributed by atoms with Gasteiger partial charge in [-0.1, -0.05) is 23.7 Å². The minimum absolute atomic E-state index is 0.0273. The van der Waals surface area contributed by atoms with Crippen molar-refractivity contribution in [2.24, 2.45) is 5.92 Å². The predicted octanol–water partition coefficient (Wildman–Crippen LogP) is 5.01. The first-order valence-corrected chi connectivity index (χ1v) is 7.49. The molecule has 0 aliphatic heterocycles. The van der Waals surface area contributed by atoms with Crippen LogP contribution in [0, 0.1) is 5.92 Å². The number of nitrogens with two attached hydrogens (primary N) is 1. The molecule has 0 aromatic heterocycles. The van der Waals surface area contributed by atoms with E-state index in [2.05, 4.69) is 0 Å². The van der Waals surface area contributed by atoms with Gasteiger partial charge in [0.2, 0.25) is 0 Å². The lowest BCUT2D eigenvalue weighted by Crippen LogP contribution is -2.02. The van der Waals surface area contributed by atoms with Gasteiger partial charge in [-0.15, -0.1) is 0 Å². The van der Waals surface area contributed by atoms with Gasteiger partial charge in [0, 0.05) is 23.0 Å². The molecule has 1 fully saturated rings. The molecule has 5 heteroatoms. The highest BCUT2D eigenvalue weighted by Gasteiger charge is 2.56. The third-order valence-electron chi connectivity index (χ3n) is 3.78.